The fourth-order valence-corrected chi connectivity index (χ4v) is 1.57. The second-order valence-corrected chi connectivity index (χ2v) is 4.35. The Balaban J connectivity index is 3.16. The lowest BCUT2D eigenvalue weighted by atomic mass is 10.1. The Bertz CT molecular complexity index is 576. The van der Waals surface area contributed by atoms with Crippen molar-refractivity contribution in [3.63, 3.8) is 0 Å². The van der Waals surface area contributed by atoms with E-state index in [0.717, 1.165) is 6.08 Å². The summed E-state index contributed by atoms with van der Waals surface area (Å²) in [6.07, 6.45) is -9.10. The van der Waals surface area contributed by atoms with Crippen molar-refractivity contribution >= 4 is 28.9 Å². The van der Waals surface area contributed by atoms with Crippen LogP contribution in [0.3, 0.4) is 0 Å². The molecule has 0 bridgehead atoms. The maximum Gasteiger partial charge on any atom is 0.416 e. The Morgan fingerprint density at radius 1 is 1.05 bits per heavy atom. The summed E-state index contributed by atoms with van der Waals surface area (Å²) in [4.78, 5) is 10.9. The minimum absolute atomic E-state index is 0.0173. The topological polar surface area (TPSA) is 41.1 Å². The molecule has 0 aliphatic heterocycles. The third-order valence-electron chi connectivity index (χ3n) is 2.27. The lowest BCUT2D eigenvalue weighted by Crippen LogP contribution is -2.32. The zero-order valence-corrected chi connectivity index (χ0v) is 11.4. The summed E-state index contributed by atoms with van der Waals surface area (Å²) in [5.41, 5.74) is -3.55. The number of thiocarbonyl (C=S) groups is 1. The second kappa shape index (κ2) is 6.34. The maximum atomic E-state index is 12.6. The summed E-state index contributed by atoms with van der Waals surface area (Å²) < 4.78 is 75.8. The number of anilines is 1. The van der Waals surface area contributed by atoms with Gasteiger partial charge in [-0.3, -0.25) is 10.1 Å². The van der Waals surface area contributed by atoms with E-state index in [1.807, 2.05) is 5.32 Å². The van der Waals surface area contributed by atoms with Gasteiger partial charge in [-0.25, -0.2) is 0 Å². The molecule has 1 aromatic rings. The number of hydrogen-bond acceptors (Lipinski definition) is 2. The summed E-state index contributed by atoms with van der Waals surface area (Å²) in [5, 5.41) is 3.62. The van der Waals surface area contributed by atoms with Gasteiger partial charge in [-0.2, -0.15) is 26.3 Å². The van der Waals surface area contributed by atoms with Crippen molar-refractivity contribution in [1.82, 2.24) is 5.32 Å². The van der Waals surface area contributed by atoms with Gasteiger partial charge in [0.2, 0.25) is 5.91 Å². The number of alkyl halides is 6. The number of carbonyl (C=O) groups is 1. The quantitative estimate of drug-likeness (QED) is 0.489. The predicted octanol–water partition coefficient (Wildman–Crippen LogP) is 3.72. The predicted molar refractivity (Wildman–Crippen MR) is 71.0 cm³/mol. The molecule has 22 heavy (non-hydrogen) atoms. The second-order valence-electron chi connectivity index (χ2n) is 3.94. The Hall–Kier alpha value is -2.10. The lowest BCUT2D eigenvalue weighted by Gasteiger charge is -2.15. The fraction of sp³-hybridized carbons (Fsp3) is 0.167. The van der Waals surface area contributed by atoms with Crippen LogP contribution in [0.5, 0.6) is 0 Å². The largest absolute Gasteiger partial charge is 0.416 e. The van der Waals surface area contributed by atoms with Crippen molar-refractivity contribution in [1.29, 1.82) is 0 Å². The van der Waals surface area contributed by atoms with Gasteiger partial charge in [-0.1, -0.05) is 6.58 Å². The molecule has 0 aromatic heterocycles. The first-order valence-electron chi connectivity index (χ1n) is 5.47. The van der Waals surface area contributed by atoms with Crippen molar-refractivity contribution in [2.45, 2.75) is 12.4 Å². The van der Waals surface area contributed by atoms with Crippen LogP contribution in [-0.4, -0.2) is 11.0 Å². The third kappa shape index (κ3) is 5.02. The van der Waals surface area contributed by atoms with Crippen molar-refractivity contribution in [3.05, 3.63) is 42.0 Å². The summed E-state index contributed by atoms with van der Waals surface area (Å²) in [5.74, 6) is -0.763. The molecule has 1 aromatic carbocycles. The zero-order chi connectivity index (χ0) is 17.1. The van der Waals surface area contributed by atoms with E-state index in [1.165, 1.54) is 0 Å². The van der Waals surface area contributed by atoms with Gasteiger partial charge >= 0.3 is 12.4 Å². The maximum absolute atomic E-state index is 12.6. The third-order valence-corrected chi connectivity index (χ3v) is 2.47. The summed E-state index contributed by atoms with van der Waals surface area (Å²) >= 11 is 4.60. The molecule has 120 valence electrons. The van der Waals surface area contributed by atoms with E-state index in [-0.39, 0.29) is 6.07 Å². The molecule has 1 amide bonds. The standard InChI is InChI=1S/C12H8F6N2OS/c1-2-9(21)20-10(22)19-8-4-6(11(13,14)15)3-7(5-8)12(16,17)18/h2-5H,1H2,(H2,19,20,21,22). The van der Waals surface area contributed by atoms with Crippen LogP contribution >= 0.6 is 12.2 Å². The Labute approximate surface area is 126 Å². The van der Waals surface area contributed by atoms with E-state index in [4.69, 9.17) is 0 Å². The van der Waals surface area contributed by atoms with Crippen LogP contribution in [0.4, 0.5) is 32.0 Å². The highest BCUT2D eigenvalue weighted by atomic mass is 32.1. The van der Waals surface area contributed by atoms with Gasteiger partial charge in [0.1, 0.15) is 0 Å². The molecule has 0 atom stereocenters. The van der Waals surface area contributed by atoms with Crippen molar-refractivity contribution in [2.24, 2.45) is 0 Å². The summed E-state index contributed by atoms with van der Waals surface area (Å²) in [7, 11) is 0. The van der Waals surface area contributed by atoms with Gasteiger partial charge < -0.3 is 5.32 Å². The van der Waals surface area contributed by atoms with Crippen LogP contribution in [0.25, 0.3) is 0 Å². The fourth-order valence-electron chi connectivity index (χ4n) is 1.35. The molecule has 0 unspecified atom stereocenters. The number of rotatable bonds is 2. The van der Waals surface area contributed by atoms with Crippen molar-refractivity contribution in [3.8, 4) is 0 Å². The number of hydrogen-bond donors (Lipinski definition) is 2. The van der Waals surface area contributed by atoms with Crippen LogP contribution < -0.4 is 10.6 Å². The van der Waals surface area contributed by atoms with E-state index < -0.39 is 40.2 Å². The molecule has 0 saturated carbocycles. The van der Waals surface area contributed by atoms with Gasteiger partial charge in [0, 0.05) is 5.69 Å². The van der Waals surface area contributed by atoms with Crippen molar-refractivity contribution < 1.29 is 31.1 Å². The average Bonchev–Trinajstić information content (AvgIpc) is 2.35. The number of carbonyl (C=O) groups excluding carboxylic acids is 1. The highest BCUT2D eigenvalue weighted by molar-refractivity contribution is 7.80. The molecule has 3 nitrogen and oxygen atoms in total. The van der Waals surface area contributed by atoms with Gasteiger partial charge in [0.05, 0.1) is 11.1 Å². The van der Waals surface area contributed by atoms with Gasteiger partial charge in [0.25, 0.3) is 0 Å². The van der Waals surface area contributed by atoms with Crippen LogP contribution in [0.15, 0.2) is 30.9 Å². The lowest BCUT2D eigenvalue weighted by molar-refractivity contribution is -0.143. The molecule has 1 rings (SSSR count). The SMILES string of the molecule is C=CC(=O)NC(=S)Nc1cc(C(F)(F)F)cc(C(F)(F)F)c1. The first-order valence-corrected chi connectivity index (χ1v) is 5.88. The minimum atomic E-state index is -4.97. The molecular formula is C12H8F6N2OS. The molecule has 0 aliphatic rings. The van der Waals surface area contributed by atoms with Crippen LogP contribution in [0.1, 0.15) is 11.1 Å². The zero-order valence-electron chi connectivity index (χ0n) is 10.6. The van der Waals surface area contributed by atoms with Crippen LogP contribution in [-0.2, 0) is 17.1 Å². The summed E-state index contributed by atoms with van der Waals surface area (Å²) in [6, 6.07) is 0.875. The molecule has 10 heteroatoms. The molecule has 0 radical (unpaired) electrons. The summed E-state index contributed by atoms with van der Waals surface area (Å²) in [6.45, 7) is 3.12. The van der Waals surface area contributed by atoms with E-state index in [2.05, 4.69) is 24.1 Å². The molecule has 0 heterocycles. The van der Waals surface area contributed by atoms with E-state index in [1.54, 1.807) is 0 Å². The normalized spacial score (nSPS) is 11.7. The van der Waals surface area contributed by atoms with Crippen molar-refractivity contribution in [2.75, 3.05) is 5.32 Å². The molecule has 0 aliphatic carbocycles. The van der Waals surface area contributed by atoms with E-state index in [0.29, 0.717) is 12.1 Å². The van der Waals surface area contributed by atoms with Gasteiger partial charge in [0.15, 0.2) is 5.11 Å². The Kier molecular flexibility index (Phi) is 5.17. The molecule has 2 N–H and O–H groups in total. The molecule has 0 fully saturated rings. The average molecular weight is 342 g/mol. The number of nitrogens with one attached hydrogen (secondary N) is 2. The van der Waals surface area contributed by atoms with Crippen LogP contribution in [0.2, 0.25) is 0 Å². The highest BCUT2D eigenvalue weighted by Gasteiger charge is 2.37. The molecular weight excluding hydrogens is 334 g/mol. The van der Waals surface area contributed by atoms with Gasteiger partial charge in [-0.15, -0.1) is 0 Å². The first kappa shape index (κ1) is 18.0. The number of benzene rings is 1. The minimum Gasteiger partial charge on any atom is -0.332 e. The molecule has 0 spiro atoms. The Morgan fingerprint density at radius 2 is 1.50 bits per heavy atom. The smallest absolute Gasteiger partial charge is 0.332 e. The highest BCUT2D eigenvalue weighted by Crippen LogP contribution is 2.37. The van der Waals surface area contributed by atoms with E-state index >= 15 is 0 Å². The Morgan fingerprint density at radius 3 is 1.86 bits per heavy atom. The van der Waals surface area contributed by atoms with Gasteiger partial charge in [-0.05, 0) is 36.5 Å². The molecule has 0 saturated heterocycles. The monoisotopic (exact) mass is 342 g/mol. The van der Waals surface area contributed by atoms with E-state index in [9.17, 15) is 31.1 Å². The number of halogens is 6. The number of amides is 1. The van der Waals surface area contributed by atoms with Crippen LogP contribution in [0, 0.1) is 0 Å². The first-order chi connectivity index (χ1) is 9.93.